The van der Waals surface area contributed by atoms with Crippen molar-refractivity contribution in [1.29, 1.82) is 0 Å². The van der Waals surface area contributed by atoms with Gasteiger partial charge in [-0.05, 0) is 18.9 Å². The van der Waals surface area contributed by atoms with Crippen molar-refractivity contribution in [2.45, 2.75) is 26.8 Å². The Balaban J connectivity index is 2.18. The van der Waals surface area contributed by atoms with Gasteiger partial charge in [-0.1, -0.05) is 25.4 Å². The van der Waals surface area contributed by atoms with E-state index in [4.69, 9.17) is 16.3 Å². The third-order valence-electron chi connectivity index (χ3n) is 2.52. The molecule has 0 aromatic carbocycles. The first kappa shape index (κ1) is 13.3. The van der Waals surface area contributed by atoms with Crippen LogP contribution in [-0.4, -0.2) is 24.2 Å². The first-order valence-electron chi connectivity index (χ1n) is 5.57. The number of rotatable bonds is 6. The van der Waals surface area contributed by atoms with Crippen LogP contribution in [0.1, 0.15) is 20.8 Å². The molecule has 0 aliphatic rings. The molecule has 0 amide bonds. The van der Waals surface area contributed by atoms with Gasteiger partial charge < -0.3 is 10.1 Å². The molecule has 1 unspecified atom stereocenters. The van der Waals surface area contributed by atoms with Gasteiger partial charge in [0.2, 0.25) is 5.88 Å². The highest BCUT2D eigenvalue weighted by Gasteiger charge is 2.05. The number of ether oxygens (including phenoxy) is 1. The molecule has 1 aromatic rings. The summed E-state index contributed by atoms with van der Waals surface area (Å²) in [6.45, 7) is 8.00. The van der Waals surface area contributed by atoms with E-state index < -0.39 is 0 Å². The summed E-state index contributed by atoms with van der Waals surface area (Å²) >= 11 is 5.72. The van der Waals surface area contributed by atoms with Crippen molar-refractivity contribution in [3.8, 4) is 5.88 Å². The van der Waals surface area contributed by atoms with Crippen molar-refractivity contribution in [3.05, 3.63) is 23.4 Å². The van der Waals surface area contributed by atoms with Crippen LogP contribution in [0.5, 0.6) is 5.88 Å². The van der Waals surface area contributed by atoms with E-state index in [1.54, 1.807) is 18.3 Å². The second-order valence-corrected chi connectivity index (χ2v) is 4.59. The molecule has 1 N–H and O–H groups in total. The number of nitrogens with zero attached hydrogens (tertiary/aromatic N) is 1. The van der Waals surface area contributed by atoms with Crippen LogP contribution in [0.3, 0.4) is 0 Å². The van der Waals surface area contributed by atoms with E-state index >= 15 is 0 Å². The minimum absolute atomic E-state index is 0.502. The van der Waals surface area contributed by atoms with Gasteiger partial charge in [0.05, 0.1) is 5.02 Å². The van der Waals surface area contributed by atoms with E-state index in [1.165, 1.54) is 0 Å². The standard InChI is InChI=1S/C12H19ClN2O/c1-9(2)10(3)14-6-7-16-12-5-4-11(13)8-15-12/h4-5,8-10,14H,6-7H2,1-3H3. The van der Waals surface area contributed by atoms with Gasteiger partial charge >= 0.3 is 0 Å². The quantitative estimate of drug-likeness (QED) is 0.779. The van der Waals surface area contributed by atoms with E-state index in [2.05, 4.69) is 31.1 Å². The zero-order valence-corrected chi connectivity index (χ0v) is 10.8. The number of aromatic nitrogens is 1. The Hall–Kier alpha value is -0.800. The lowest BCUT2D eigenvalue weighted by Gasteiger charge is -2.17. The topological polar surface area (TPSA) is 34.1 Å². The third-order valence-corrected chi connectivity index (χ3v) is 2.74. The van der Waals surface area contributed by atoms with Crippen molar-refractivity contribution in [2.24, 2.45) is 5.92 Å². The van der Waals surface area contributed by atoms with E-state index in [0.29, 0.717) is 29.5 Å². The summed E-state index contributed by atoms with van der Waals surface area (Å²) in [5.74, 6) is 1.25. The molecule has 0 spiro atoms. The maximum Gasteiger partial charge on any atom is 0.213 e. The van der Waals surface area contributed by atoms with Gasteiger partial charge in [-0.3, -0.25) is 0 Å². The van der Waals surface area contributed by atoms with Crippen LogP contribution in [-0.2, 0) is 0 Å². The SMILES string of the molecule is CC(C)C(C)NCCOc1ccc(Cl)cn1. The third kappa shape index (κ3) is 4.81. The highest BCUT2D eigenvalue weighted by atomic mass is 35.5. The second-order valence-electron chi connectivity index (χ2n) is 4.15. The Bertz CT molecular complexity index is 300. The lowest BCUT2D eigenvalue weighted by atomic mass is 10.1. The smallest absolute Gasteiger partial charge is 0.213 e. The van der Waals surface area contributed by atoms with Gasteiger partial charge in [-0.25, -0.2) is 4.98 Å². The number of halogens is 1. The minimum Gasteiger partial charge on any atom is -0.476 e. The zero-order valence-electron chi connectivity index (χ0n) is 10.0. The maximum atomic E-state index is 5.72. The summed E-state index contributed by atoms with van der Waals surface area (Å²) in [5, 5.41) is 4.01. The van der Waals surface area contributed by atoms with Crippen LogP contribution >= 0.6 is 11.6 Å². The van der Waals surface area contributed by atoms with Gasteiger partial charge in [0.15, 0.2) is 0 Å². The molecule has 3 nitrogen and oxygen atoms in total. The molecule has 90 valence electrons. The molecule has 0 fully saturated rings. The maximum absolute atomic E-state index is 5.72. The lowest BCUT2D eigenvalue weighted by Crippen LogP contribution is -2.33. The molecule has 1 atom stereocenters. The van der Waals surface area contributed by atoms with E-state index in [9.17, 15) is 0 Å². The fourth-order valence-electron chi connectivity index (χ4n) is 1.13. The summed E-state index contributed by atoms with van der Waals surface area (Å²) in [7, 11) is 0. The summed E-state index contributed by atoms with van der Waals surface area (Å²) < 4.78 is 5.46. The van der Waals surface area contributed by atoms with Crippen LogP contribution in [0.2, 0.25) is 5.02 Å². The molecular weight excluding hydrogens is 224 g/mol. The first-order valence-corrected chi connectivity index (χ1v) is 5.95. The van der Waals surface area contributed by atoms with Gasteiger partial charge in [-0.2, -0.15) is 0 Å². The van der Waals surface area contributed by atoms with Crippen LogP contribution in [0.4, 0.5) is 0 Å². The van der Waals surface area contributed by atoms with Crippen molar-refractivity contribution in [3.63, 3.8) is 0 Å². The van der Waals surface area contributed by atoms with Gasteiger partial charge in [-0.15, -0.1) is 0 Å². The van der Waals surface area contributed by atoms with Crippen LogP contribution in [0.15, 0.2) is 18.3 Å². The van der Waals surface area contributed by atoms with Crippen LogP contribution in [0, 0.1) is 5.92 Å². The molecule has 0 aliphatic heterocycles. The van der Waals surface area contributed by atoms with Crippen LogP contribution < -0.4 is 10.1 Å². The Labute approximate surface area is 102 Å². The summed E-state index contributed by atoms with van der Waals surface area (Å²) in [5.41, 5.74) is 0. The van der Waals surface area contributed by atoms with Gasteiger partial charge in [0.1, 0.15) is 6.61 Å². The van der Waals surface area contributed by atoms with Crippen molar-refractivity contribution in [2.75, 3.05) is 13.2 Å². The Kier molecular flexibility index (Phi) is 5.56. The lowest BCUT2D eigenvalue weighted by molar-refractivity contribution is 0.287. The average Bonchev–Trinajstić information content (AvgIpc) is 2.26. The first-order chi connectivity index (χ1) is 7.59. The molecule has 1 rings (SSSR count). The van der Waals surface area contributed by atoms with Crippen molar-refractivity contribution >= 4 is 11.6 Å². The summed E-state index contributed by atoms with van der Waals surface area (Å²) in [6, 6.07) is 4.05. The highest BCUT2D eigenvalue weighted by Crippen LogP contribution is 2.11. The average molecular weight is 243 g/mol. The van der Waals surface area contributed by atoms with E-state index in [0.717, 1.165) is 6.54 Å². The Morgan fingerprint density at radius 3 is 2.69 bits per heavy atom. The Morgan fingerprint density at radius 2 is 2.12 bits per heavy atom. The summed E-state index contributed by atoms with van der Waals surface area (Å²) in [6.07, 6.45) is 1.58. The predicted octanol–water partition coefficient (Wildman–Crippen LogP) is 2.75. The normalized spacial score (nSPS) is 12.8. The largest absolute Gasteiger partial charge is 0.476 e. The molecule has 0 saturated carbocycles. The van der Waals surface area contributed by atoms with Gasteiger partial charge in [0.25, 0.3) is 0 Å². The van der Waals surface area contributed by atoms with E-state index in [-0.39, 0.29) is 0 Å². The number of nitrogens with one attached hydrogen (secondary N) is 1. The van der Waals surface area contributed by atoms with E-state index in [1.807, 2.05) is 0 Å². The highest BCUT2D eigenvalue weighted by molar-refractivity contribution is 6.30. The fourth-order valence-corrected chi connectivity index (χ4v) is 1.24. The predicted molar refractivity (Wildman–Crippen MR) is 67.0 cm³/mol. The molecule has 1 heterocycles. The van der Waals surface area contributed by atoms with Gasteiger partial charge in [0, 0.05) is 24.8 Å². The number of hydrogen-bond donors (Lipinski definition) is 1. The Morgan fingerprint density at radius 1 is 1.38 bits per heavy atom. The minimum atomic E-state index is 0.502. The molecule has 1 aromatic heterocycles. The molecule has 0 bridgehead atoms. The zero-order chi connectivity index (χ0) is 12.0. The molecule has 0 aliphatic carbocycles. The van der Waals surface area contributed by atoms with Crippen molar-refractivity contribution < 1.29 is 4.74 Å². The molecule has 0 radical (unpaired) electrons. The summed E-state index contributed by atoms with van der Waals surface area (Å²) in [4.78, 5) is 4.05. The molecule has 16 heavy (non-hydrogen) atoms. The number of hydrogen-bond acceptors (Lipinski definition) is 3. The molecular formula is C12H19ClN2O. The monoisotopic (exact) mass is 242 g/mol. The molecule has 4 heteroatoms. The van der Waals surface area contributed by atoms with Crippen molar-refractivity contribution in [1.82, 2.24) is 10.3 Å². The van der Waals surface area contributed by atoms with Crippen LogP contribution in [0.25, 0.3) is 0 Å². The number of pyridine rings is 1. The second kappa shape index (κ2) is 6.71. The molecule has 0 saturated heterocycles. The fraction of sp³-hybridized carbons (Fsp3) is 0.583.